The summed E-state index contributed by atoms with van der Waals surface area (Å²) in [5.41, 5.74) is 1.75. The van der Waals surface area contributed by atoms with Gasteiger partial charge in [0, 0.05) is 11.6 Å². The zero-order valence-corrected chi connectivity index (χ0v) is 19.3. The molecule has 0 bridgehead atoms. The highest BCUT2D eigenvalue weighted by molar-refractivity contribution is 8.26. The van der Waals surface area contributed by atoms with Crippen molar-refractivity contribution in [2.75, 3.05) is 20.8 Å². The summed E-state index contributed by atoms with van der Waals surface area (Å²) in [7, 11) is 2.86. The maximum absolute atomic E-state index is 12.7. The van der Waals surface area contributed by atoms with Crippen LogP contribution in [0, 0.1) is 0 Å². The van der Waals surface area contributed by atoms with Gasteiger partial charge in [-0.2, -0.15) is 0 Å². The summed E-state index contributed by atoms with van der Waals surface area (Å²) < 4.78 is 16.3. The van der Waals surface area contributed by atoms with Crippen LogP contribution in [-0.2, 0) is 20.9 Å². The minimum absolute atomic E-state index is 0.0870. The van der Waals surface area contributed by atoms with Crippen LogP contribution in [0.3, 0.4) is 0 Å². The summed E-state index contributed by atoms with van der Waals surface area (Å²) >= 11 is 12.4. The number of esters is 1. The maximum atomic E-state index is 12.7. The summed E-state index contributed by atoms with van der Waals surface area (Å²) in [4.78, 5) is 25.9. The van der Waals surface area contributed by atoms with E-state index >= 15 is 0 Å². The number of halogens is 1. The van der Waals surface area contributed by atoms with Gasteiger partial charge in [-0.15, -0.1) is 0 Å². The van der Waals surface area contributed by atoms with Gasteiger partial charge in [0.25, 0.3) is 5.91 Å². The Labute approximate surface area is 195 Å². The van der Waals surface area contributed by atoms with Gasteiger partial charge in [-0.1, -0.05) is 53.8 Å². The number of hydrogen-bond donors (Lipinski definition) is 0. The lowest BCUT2D eigenvalue weighted by Crippen LogP contribution is -2.30. The SMILES string of the molecule is COC(=O)CCN1C(=O)/C(=C\c2ccc(OCc3ccc(Cl)cc3)c(OC)c2)SC1=S. The van der Waals surface area contributed by atoms with Crippen LogP contribution in [0.25, 0.3) is 6.08 Å². The van der Waals surface area contributed by atoms with E-state index in [0.29, 0.717) is 32.4 Å². The number of thiocarbonyl (C=S) groups is 1. The van der Waals surface area contributed by atoms with Crippen molar-refractivity contribution in [1.82, 2.24) is 4.90 Å². The predicted octanol–water partition coefficient (Wildman–Crippen LogP) is 4.69. The summed E-state index contributed by atoms with van der Waals surface area (Å²) in [6.07, 6.45) is 1.83. The molecular formula is C22H20ClNO5S2. The second-order valence-corrected chi connectivity index (χ2v) is 8.60. The van der Waals surface area contributed by atoms with Crippen LogP contribution in [0.5, 0.6) is 11.5 Å². The molecule has 0 atom stereocenters. The van der Waals surface area contributed by atoms with Crippen molar-refractivity contribution in [3.63, 3.8) is 0 Å². The first kappa shape index (κ1) is 23.1. The summed E-state index contributed by atoms with van der Waals surface area (Å²) in [6, 6.07) is 12.8. The molecule has 1 amide bonds. The molecular weight excluding hydrogens is 458 g/mol. The van der Waals surface area contributed by atoms with E-state index in [1.165, 1.54) is 23.8 Å². The van der Waals surface area contributed by atoms with Crippen molar-refractivity contribution in [1.29, 1.82) is 0 Å². The average molecular weight is 478 g/mol. The molecule has 1 heterocycles. The van der Waals surface area contributed by atoms with E-state index in [4.69, 9.17) is 33.3 Å². The molecule has 2 aromatic rings. The molecule has 6 nitrogen and oxygen atoms in total. The van der Waals surface area contributed by atoms with E-state index in [0.717, 1.165) is 11.1 Å². The van der Waals surface area contributed by atoms with E-state index < -0.39 is 5.97 Å². The molecule has 0 unspecified atom stereocenters. The van der Waals surface area contributed by atoms with Gasteiger partial charge in [0.2, 0.25) is 0 Å². The highest BCUT2D eigenvalue weighted by Gasteiger charge is 2.32. The quantitative estimate of drug-likeness (QED) is 0.310. The van der Waals surface area contributed by atoms with Crippen molar-refractivity contribution in [3.05, 3.63) is 63.5 Å². The minimum Gasteiger partial charge on any atom is -0.493 e. The summed E-state index contributed by atoms with van der Waals surface area (Å²) in [5, 5.41) is 0.668. The Bertz CT molecular complexity index is 1020. The number of thioether (sulfide) groups is 1. The zero-order valence-electron chi connectivity index (χ0n) is 16.9. The third kappa shape index (κ3) is 6.00. The minimum atomic E-state index is -0.392. The van der Waals surface area contributed by atoms with Gasteiger partial charge in [-0.25, -0.2) is 0 Å². The van der Waals surface area contributed by atoms with Crippen molar-refractivity contribution in [2.24, 2.45) is 0 Å². The molecule has 3 rings (SSSR count). The van der Waals surface area contributed by atoms with Gasteiger partial charge in [-0.3, -0.25) is 14.5 Å². The second-order valence-electron chi connectivity index (χ2n) is 6.48. The predicted molar refractivity (Wildman–Crippen MR) is 125 cm³/mol. The molecule has 9 heteroatoms. The Kier molecular flexibility index (Phi) is 7.95. The largest absolute Gasteiger partial charge is 0.493 e. The van der Waals surface area contributed by atoms with Crippen molar-refractivity contribution in [3.8, 4) is 11.5 Å². The van der Waals surface area contributed by atoms with Gasteiger partial charge < -0.3 is 14.2 Å². The Morgan fingerprint density at radius 1 is 1.16 bits per heavy atom. The fourth-order valence-corrected chi connectivity index (χ4v) is 4.22. The number of hydrogen-bond acceptors (Lipinski definition) is 7. The van der Waals surface area contributed by atoms with Crippen LogP contribution in [0.1, 0.15) is 17.5 Å². The number of ether oxygens (including phenoxy) is 3. The second kappa shape index (κ2) is 10.7. The molecule has 1 aliphatic heterocycles. The molecule has 162 valence electrons. The first-order chi connectivity index (χ1) is 14.9. The van der Waals surface area contributed by atoms with Crippen LogP contribution in [-0.4, -0.2) is 41.9 Å². The van der Waals surface area contributed by atoms with E-state index in [9.17, 15) is 9.59 Å². The first-order valence-corrected chi connectivity index (χ1v) is 10.9. The van der Waals surface area contributed by atoms with Crippen molar-refractivity contribution in [2.45, 2.75) is 13.0 Å². The highest BCUT2D eigenvalue weighted by Crippen LogP contribution is 2.35. The van der Waals surface area contributed by atoms with E-state index in [1.54, 1.807) is 25.3 Å². The number of carbonyl (C=O) groups is 2. The number of methoxy groups -OCH3 is 2. The number of amides is 1. The molecule has 0 spiro atoms. The maximum Gasteiger partial charge on any atom is 0.307 e. The molecule has 0 N–H and O–H groups in total. The van der Waals surface area contributed by atoms with Gasteiger partial charge >= 0.3 is 5.97 Å². The molecule has 2 aromatic carbocycles. The highest BCUT2D eigenvalue weighted by atomic mass is 35.5. The zero-order chi connectivity index (χ0) is 22.4. The van der Waals surface area contributed by atoms with Gasteiger partial charge in [0.15, 0.2) is 11.5 Å². The van der Waals surface area contributed by atoms with E-state index in [1.807, 2.05) is 30.3 Å². The van der Waals surface area contributed by atoms with Crippen LogP contribution in [0.2, 0.25) is 5.02 Å². The first-order valence-electron chi connectivity index (χ1n) is 9.28. The molecule has 31 heavy (non-hydrogen) atoms. The Hall–Kier alpha value is -2.55. The summed E-state index contributed by atoms with van der Waals surface area (Å²) in [5.74, 6) is 0.502. The van der Waals surface area contributed by atoms with Gasteiger partial charge in [0.1, 0.15) is 10.9 Å². The third-order valence-electron chi connectivity index (χ3n) is 4.43. The molecule has 0 aliphatic carbocycles. The lowest BCUT2D eigenvalue weighted by molar-refractivity contribution is -0.140. The van der Waals surface area contributed by atoms with Crippen LogP contribution >= 0.6 is 35.6 Å². The average Bonchev–Trinajstić information content (AvgIpc) is 3.04. The number of carbonyl (C=O) groups excluding carboxylic acids is 2. The molecule has 0 radical (unpaired) electrons. The van der Waals surface area contributed by atoms with Crippen molar-refractivity contribution >= 4 is 57.9 Å². The van der Waals surface area contributed by atoms with E-state index in [2.05, 4.69) is 4.74 Å². The molecule has 1 saturated heterocycles. The van der Waals surface area contributed by atoms with Crippen LogP contribution in [0.4, 0.5) is 0 Å². The molecule has 0 saturated carbocycles. The normalized spacial score (nSPS) is 14.8. The standard InChI is InChI=1S/C22H20ClNO5S2/c1-27-18-11-15(5-8-17(18)29-13-14-3-6-16(23)7-4-14)12-19-21(26)24(22(30)31-19)10-9-20(25)28-2/h3-8,11-12H,9-10,13H2,1-2H3/b19-12+. The monoisotopic (exact) mass is 477 g/mol. The smallest absolute Gasteiger partial charge is 0.307 e. The fourth-order valence-electron chi connectivity index (χ4n) is 2.78. The number of nitrogens with zero attached hydrogens (tertiary/aromatic N) is 1. The Balaban J connectivity index is 1.70. The van der Waals surface area contributed by atoms with E-state index in [-0.39, 0.29) is 18.9 Å². The number of benzene rings is 2. The lowest BCUT2D eigenvalue weighted by Gasteiger charge is -2.13. The molecule has 0 aromatic heterocycles. The Morgan fingerprint density at radius 2 is 1.90 bits per heavy atom. The van der Waals surface area contributed by atoms with Crippen LogP contribution < -0.4 is 9.47 Å². The number of rotatable bonds is 8. The third-order valence-corrected chi connectivity index (χ3v) is 6.06. The Morgan fingerprint density at radius 3 is 2.58 bits per heavy atom. The topological polar surface area (TPSA) is 65.1 Å². The van der Waals surface area contributed by atoms with Crippen molar-refractivity contribution < 1.29 is 23.8 Å². The summed E-state index contributed by atoms with van der Waals surface area (Å²) in [6.45, 7) is 0.557. The van der Waals surface area contributed by atoms with Crippen LogP contribution in [0.15, 0.2) is 47.4 Å². The molecule has 1 fully saturated rings. The lowest BCUT2D eigenvalue weighted by atomic mass is 10.1. The van der Waals surface area contributed by atoms with Gasteiger partial charge in [-0.05, 0) is 41.5 Å². The molecule has 1 aliphatic rings. The fraction of sp³-hybridized carbons (Fsp3) is 0.227. The van der Waals surface area contributed by atoms with Gasteiger partial charge in [0.05, 0.1) is 25.5 Å².